The molecule has 34 heavy (non-hydrogen) atoms. The molecule has 0 bridgehead atoms. The summed E-state index contributed by atoms with van der Waals surface area (Å²) in [4.78, 5) is 17.2. The molecule has 2 aliphatic rings. The van der Waals surface area contributed by atoms with E-state index in [1.807, 2.05) is 29.2 Å². The second-order valence-corrected chi connectivity index (χ2v) is 9.59. The molecule has 0 radical (unpaired) electrons. The van der Waals surface area contributed by atoms with Crippen LogP contribution in [0.1, 0.15) is 49.2 Å². The normalized spacial score (nSPS) is 17.4. The molecule has 0 spiro atoms. The summed E-state index contributed by atoms with van der Waals surface area (Å²) >= 11 is 0. The number of phenolic OH excluding ortho intramolecular Hbond substituents is 1. The second-order valence-electron chi connectivity index (χ2n) is 9.59. The van der Waals surface area contributed by atoms with Crippen LogP contribution in [0.4, 0.5) is 11.4 Å². The number of rotatable bonds is 6. The van der Waals surface area contributed by atoms with Gasteiger partial charge in [0, 0.05) is 79.9 Å². The minimum Gasteiger partial charge on any atom is -0.507 e. The molecule has 0 unspecified atom stereocenters. The number of aromatic hydroxyl groups is 1. The molecule has 4 rings (SSSR count). The maximum absolute atomic E-state index is 13.1. The second kappa shape index (κ2) is 9.63. The number of hydrogen-bond donors (Lipinski definition) is 2. The van der Waals surface area contributed by atoms with Gasteiger partial charge >= 0.3 is 0 Å². The van der Waals surface area contributed by atoms with E-state index in [2.05, 4.69) is 73.8 Å². The summed E-state index contributed by atoms with van der Waals surface area (Å²) < 4.78 is 2.19. The molecule has 2 heterocycles. The Hall–Kier alpha value is -3.12. The molecule has 2 N–H and O–H groups in total. The van der Waals surface area contributed by atoms with Crippen molar-refractivity contribution < 1.29 is 14.5 Å². The first-order valence-electron chi connectivity index (χ1n) is 12.3. The van der Waals surface area contributed by atoms with E-state index in [9.17, 15) is 9.90 Å². The molecule has 1 saturated heterocycles. The zero-order valence-electron chi connectivity index (χ0n) is 21.1. The van der Waals surface area contributed by atoms with Crippen LogP contribution in [0, 0.1) is 0 Å². The van der Waals surface area contributed by atoms with E-state index in [1.54, 1.807) is 0 Å². The molecule has 0 atom stereocenters. The number of nitrogens with zero attached hydrogens (tertiary/aromatic N) is 3. The van der Waals surface area contributed by atoms with E-state index >= 15 is 0 Å². The minimum absolute atomic E-state index is 0.102. The first-order chi connectivity index (χ1) is 16.3. The highest BCUT2D eigenvalue weighted by molar-refractivity contribution is 6.06. The van der Waals surface area contributed by atoms with Crippen molar-refractivity contribution in [3.63, 3.8) is 0 Å². The van der Waals surface area contributed by atoms with Gasteiger partial charge in [0.15, 0.2) is 5.71 Å². The number of benzene rings is 2. The van der Waals surface area contributed by atoms with Crippen molar-refractivity contribution in [3.05, 3.63) is 59.2 Å². The van der Waals surface area contributed by atoms with Gasteiger partial charge in [-0.3, -0.25) is 4.79 Å². The highest BCUT2D eigenvalue weighted by Crippen LogP contribution is 2.40. The van der Waals surface area contributed by atoms with Gasteiger partial charge in [0.2, 0.25) is 5.69 Å². The standard InChI is InChI=1S/C28H36N4O2/c1-6-31(7-2)22-11-8-20(25(33)19-22)10-13-26-28(3,4)23-18-21(9-12-24(23)30(26)5)27(34)32-16-14-29-15-17-32/h8-13,18-19,29H,6-7,14-17H2,1-5H3/p+1. The van der Waals surface area contributed by atoms with Gasteiger partial charge in [0.1, 0.15) is 12.8 Å². The molecule has 2 aromatic rings. The van der Waals surface area contributed by atoms with E-state index in [0.29, 0.717) is 0 Å². The van der Waals surface area contributed by atoms with Crippen LogP contribution in [0.2, 0.25) is 0 Å². The Labute approximate surface area is 203 Å². The van der Waals surface area contributed by atoms with Crippen LogP contribution in [0.25, 0.3) is 6.08 Å². The molecule has 6 heteroatoms. The fraction of sp³-hybridized carbons (Fsp3) is 0.429. The van der Waals surface area contributed by atoms with Gasteiger partial charge < -0.3 is 20.2 Å². The van der Waals surface area contributed by atoms with Crippen molar-refractivity contribution in [2.75, 3.05) is 51.2 Å². The van der Waals surface area contributed by atoms with Crippen LogP contribution in [-0.4, -0.2) is 72.5 Å². The summed E-state index contributed by atoms with van der Waals surface area (Å²) in [6.07, 6.45) is 4.07. The van der Waals surface area contributed by atoms with Crippen molar-refractivity contribution in [1.29, 1.82) is 0 Å². The molecule has 0 aromatic heterocycles. The van der Waals surface area contributed by atoms with Gasteiger partial charge in [-0.1, -0.05) is 0 Å². The maximum atomic E-state index is 13.1. The van der Waals surface area contributed by atoms with Gasteiger partial charge in [-0.05, 0) is 58.0 Å². The summed E-state index contributed by atoms with van der Waals surface area (Å²) in [7, 11) is 2.06. The van der Waals surface area contributed by atoms with E-state index in [1.165, 1.54) is 0 Å². The summed E-state index contributed by atoms with van der Waals surface area (Å²) in [5.41, 5.74) is 5.69. The Kier molecular flexibility index (Phi) is 6.80. The number of amides is 1. The third-order valence-corrected chi connectivity index (χ3v) is 7.25. The van der Waals surface area contributed by atoms with Crippen LogP contribution in [-0.2, 0) is 5.41 Å². The number of hydrogen-bond acceptors (Lipinski definition) is 4. The largest absolute Gasteiger partial charge is 0.507 e. The lowest BCUT2D eigenvalue weighted by Gasteiger charge is -2.27. The SMILES string of the molecule is CCN(CC)c1ccc(C=CC2=[N+](C)c3ccc(C(=O)N4CCNCC4)cc3C2(C)C)c(O)c1. The van der Waals surface area contributed by atoms with E-state index in [4.69, 9.17) is 0 Å². The molecule has 0 aliphatic carbocycles. The third-order valence-electron chi connectivity index (χ3n) is 7.25. The quantitative estimate of drug-likeness (QED) is 0.639. The van der Waals surface area contributed by atoms with Crippen LogP contribution >= 0.6 is 0 Å². The number of phenols is 1. The van der Waals surface area contributed by atoms with Crippen LogP contribution in [0.15, 0.2) is 42.5 Å². The fourth-order valence-corrected chi connectivity index (χ4v) is 5.15. The lowest BCUT2D eigenvalue weighted by atomic mass is 9.80. The number of anilines is 1. The van der Waals surface area contributed by atoms with Gasteiger partial charge in [-0.2, -0.15) is 4.58 Å². The summed E-state index contributed by atoms with van der Waals surface area (Å²) in [6.45, 7) is 13.6. The summed E-state index contributed by atoms with van der Waals surface area (Å²) in [5, 5.41) is 14.0. The fourth-order valence-electron chi connectivity index (χ4n) is 5.15. The molecular weight excluding hydrogens is 424 g/mol. The average molecular weight is 462 g/mol. The molecular formula is C28H37N4O2+. The van der Waals surface area contributed by atoms with Gasteiger partial charge in [-0.15, -0.1) is 0 Å². The number of nitrogens with one attached hydrogen (secondary N) is 1. The number of piperazine rings is 1. The molecule has 1 fully saturated rings. The summed E-state index contributed by atoms with van der Waals surface area (Å²) in [6, 6.07) is 11.9. The van der Waals surface area contributed by atoms with Crippen LogP contribution in [0.3, 0.4) is 0 Å². The van der Waals surface area contributed by atoms with E-state index < -0.39 is 0 Å². The Balaban J connectivity index is 1.60. The van der Waals surface area contributed by atoms with Crippen molar-refractivity contribution in [1.82, 2.24) is 10.2 Å². The Bertz CT molecular complexity index is 1140. The smallest absolute Gasteiger partial charge is 0.253 e. The number of fused-ring (bicyclic) bond motifs is 1. The highest BCUT2D eigenvalue weighted by atomic mass is 16.3. The third kappa shape index (κ3) is 4.34. The Morgan fingerprint density at radius 3 is 2.47 bits per heavy atom. The number of carbonyl (C=O) groups is 1. The van der Waals surface area contributed by atoms with Gasteiger partial charge in [0.25, 0.3) is 5.91 Å². The van der Waals surface area contributed by atoms with E-state index in [-0.39, 0.29) is 17.1 Å². The van der Waals surface area contributed by atoms with Gasteiger partial charge in [0.05, 0.1) is 5.41 Å². The van der Waals surface area contributed by atoms with Gasteiger partial charge in [-0.25, -0.2) is 0 Å². The average Bonchev–Trinajstić information content (AvgIpc) is 3.04. The number of carbonyl (C=O) groups excluding carboxylic acids is 1. The lowest BCUT2D eigenvalue weighted by molar-refractivity contribution is -0.401. The molecule has 180 valence electrons. The minimum atomic E-state index is -0.267. The monoisotopic (exact) mass is 461 g/mol. The molecule has 6 nitrogen and oxygen atoms in total. The molecule has 0 saturated carbocycles. The Morgan fingerprint density at radius 2 is 1.82 bits per heavy atom. The van der Waals surface area contributed by atoms with Crippen molar-refractivity contribution >= 4 is 29.1 Å². The van der Waals surface area contributed by atoms with Crippen molar-refractivity contribution in [3.8, 4) is 5.75 Å². The van der Waals surface area contributed by atoms with Crippen molar-refractivity contribution in [2.24, 2.45) is 0 Å². The van der Waals surface area contributed by atoms with E-state index in [0.717, 1.165) is 73.0 Å². The maximum Gasteiger partial charge on any atom is 0.253 e. The van der Waals surface area contributed by atoms with Crippen LogP contribution in [0.5, 0.6) is 5.75 Å². The zero-order chi connectivity index (χ0) is 24.5. The predicted molar refractivity (Wildman–Crippen MR) is 140 cm³/mol. The summed E-state index contributed by atoms with van der Waals surface area (Å²) in [5.74, 6) is 0.381. The first kappa shape index (κ1) is 24.0. The predicted octanol–water partition coefficient (Wildman–Crippen LogP) is 4.00. The highest BCUT2D eigenvalue weighted by Gasteiger charge is 2.43. The van der Waals surface area contributed by atoms with Crippen LogP contribution < -0.4 is 10.2 Å². The van der Waals surface area contributed by atoms with Crippen molar-refractivity contribution in [2.45, 2.75) is 33.1 Å². The number of allylic oxidation sites excluding steroid dienone is 1. The molecule has 1 amide bonds. The zero-order valence-corrected chi connectivity index (χ0v) is 21.1. The topological polar surface area (TPSA) is 58.8 Å². The lowest BCUT2D eigenvalue weighted by Crippen LogP contribution is -2.46. The molecule has 2 aliphatic heterocycles. The first-order valence-corrected chi connectivity index (χ1v) is 12.3. The molecule has 2 aromatic carbocycles. The Morgan fingerprint density at radius 1 is 1.12 bits per heavy atom.